The van der Waals surface area contributed by atoms with Gasteiger partial charge in [0.1, 0.15) is 23.1 Å². The largest absolute Gasteiger partial charge is 0.486 e. The molecule has 1 heterocycles. The lowest BCUT2D eigenvalue weighted by molar-refractivity contribution is 0.102. The van der Waals surface area contributed by atoms with E-state index in [2.05, 4.69) is 10.3 Å². The highest BCUT2D eigenvalue weighted by Gasteiger charge is 2.11. The topological polar surface area (TPSA) is 60.5 Å². The summed E-state index contributed by atoms with van der Waals surface area (Å²) in [5.41, 5.74) is 2.12. The van der Waals surface area contributed by atoms with Gasteiger partial charge in [0.2, 0.25) is 0 Å². The summed E-state index contributed by atoms with van der Waals surface area (Å²) in [5.74, 6) is 1.75. The summed E-state index contributed by atoms with van der Waals surface area (Å²) < 4.78 is 11.6. The number of ether oxygens (including phenoxy) is 2. The Hall–Kier alpha value is -3.64. The molecule has 4 aromatic rings. The summed E-state index contributed by atoms with van der Waals surface area (Å²) in [6, 6.07) is 23.8. The number of nitrogens with one attached hydrogen (secondary N) is 1. The Balaban J connectivity index is 1.40. The van der Waals surface area contributed by atoms with E-state index >= 15 is 0 Å². The number of aromatic nitrogens is 1. The van der Waals surface area contributed by atoms with Crippen molar-refractivity contribution in [1.29, 1.82) is 0 Å². The van der Waals surface area contributed by atoms with Crippen molar-refractivity contribution in [2.45, 2.75) is 13.5 Å². The molecular formula is C24H20N2O3S. The third kappa shape index (κ3) is 5.04. The molecule has 1 aromatic heterocycles. The third-order valence-electron chi connectivity index (χ3n) is 4.25. The maximum Gasteiger partial charge on any atom is 0.255 e. The third-order valence-corrected chi connectivity index (χ3v) is 5.19. The minimum absolute atomic E-state index is 0.221. The number of nitrogens with zero attached hydrogens (tertiary/aromatic N) is 1. The van der Waals surface area contributed by atoms with Crippen LogP contribution < -0.4 is 14.8 Å². The second-order valence-electron chi connectivity index (χ2n) is 6.56. The molecule has 3 aromatic carbocycles. The van der Waals surface area contributed by atoms with E-state index in [1.807, 2.05) is 66.9 Å². The van der Waals surface area contributed by atoms with Crippen LogP contribution in [0, 0.1) is 6.92 Å². The second-order valence-corrected chi connectivity index (χ2v) is 7.50. The van der Waals surface area contributed by atoms with E-state index in [0.717, 1.165) is 10.7 Å². The smallest absolute Gasteiger partial charge is 0.255 e. The summed E-state index contributed by atoms with van der Waals surface area (Å²) in [5, 5.41) is 5.83. The summed E-state index contributed by atoms with van der Waals surface area (Å²) >= 11 is 1.57. The normalized spacial score (nSPS) is 10.4. The van der Waals surface area contributed by atoms with Gasteiger partial charge in [-0.05, 0) is 55.5 Å². The Labute approximate surface area is 178 Å². The minimum Gasteiger partial charge on any atom is -0.486 e. The van der Waals surface area contributed by atoms with E-state index in [0.29, 0.717) is 35.1 Å². The number of carbonyl (C=O) groups excluding carboxylic acids is 1. The number of anilines is 1. The average Bonchev–Trinajstić information content (AvgIpc) is 3.20. The van der Waals surface area contributed by atoms with E-state index in [9.17, 15) is 4.79 Å². The van der Waals surface area contributed by atoms with E-state index in [1.165, 1.54) is 0 Å². The van der Waals surface area contributed by atoms with Crippen LogP contribution in [0.2, 0.25) is 0 Å². The van der Waals surface area contributed by atoms with Crippen LogP contribution in [-0.2, 0) is 6.61 Å². The van der Waals surface area contributed by atoms with Gasteiger partial charge in [0.15, 0.2) is 5.75 Å². The number of hydrogen-bond donors (Lipinski definition) is 1. The van der Waals surface area contributed by atoms with E-state index in [-0.39, 0.29) is 5.91 Å². The molecule has 0 unspecified atom stereocenters. The Morgan fingerprint density at radius 1 is 0.933 bits per heavy atom. The standard InChI is InChI=1S/C24H20N2O3S/c1-17-16-30-23(25-17)15-28-19-13-11-18(12-14-19)24(27)26-21-9-5-6-10-22(21)29-20-7-3-2-4-8-20/h2-14,16H,15H2,1H3,(H,26,27). The van der Waals surface area contributed by atoms with Crippen LogP contribution in [0.15, 0.2) is 84.2 Å². The van der Waals surface area contributed by atoms with Gasteiger partial charge in [-0.3, -0.25) is 4.79 Å². The van der Waals surface area contributed by atoms with Gasteiger partial charge in [-0.1, -0.05) is 30.3 Å². The molecule has 0 aliphatic carbocycles. The Kier molecular flexibility index (Phi) is 6.06. The van der Waals surface area contributed by atoms with Gasteiger partial charge in [-0.2, -0.15) is 0 Å². The summed E-state index contributed by atoms with van der Waals surface area (Å²) in [4.78, 5) is 17.1. The molecule has 150 valence electrons. The van der Waals surface area contributed by atoms with Crippen LogP contribution in [0.25, 0.3) is 0 Å². The van der Waals surface area contributed by atoms with Crippen molar-refractivity contribution in [3.05, 3.63) is 101 Å². The molecule has 1 N–H and O–H groups in total. The number of aryl methyl sites for hydroxylation is 1. The van der Waals surface area contributed by atoms with Crippen LogP contribution in [0.4, 0.5) is 5.69 Å². The number of benzene rings is 3. The van der Waals surface area contributed by atoms with Gasteiger partial charge < -0.3 is 14.8 Å². The van der Waals surface area contributed by atoms with Crippen LogP contribution in [0.1, 0.15) is 21.1 Å². The fraction of sp³-hybridized carbons (Fsp3) is 0.0833. The van der Waals surface area contributed by atoms with Gasteiger partial charge in [0, 0.05) is 16.6 Å². The quantitative estimate of drug-likeness (QED) is 0.397. The molecule has 0 spiro atoms. The molecule has 6 heteroatoms. The SMILES string of the molecule is Cc1csc(COc2ccc(C(=O)Nc3ccccc3Oc3ccccc3)cc2)n1. The van der Waals surface area contributed by atoms with Crippen molar-refractivity contribution in [2.75, 3.05) is 5.32 Å². The first-order valence-electron chi connectivity index (χ1n) is 9.44. The second kappa shape index (κ2) is 9.24. The molecule has 0 radical (unpaired) electrons. The zero-order chi connectivity index (χ0) is 20.8. The molecule has 5 nitrogen and oxygen atoms in total. The highest BCUT2D eigenvalue weighted by Crippen LogP contribution is 2.29. The molecule has 0 saturated carbocycles. The highest BCUT2D eigenvalue weighted by molar-refractivity contribution is 7.09. The van der Waals surface area contributed by atoms with Crippen LogP contribution in [0.3, 0.4) is 0 Å². The van der Waals surface area contributed by atoms with E-state index in [1.54, 1.807) is 35.6 Å². The fourth-order valence-electron chi connectivity index (χ4n) is 2.79. The zero-order valence-corrected chi connectivity index (χ0v) is 17.2. The Morgan fingerprint density at radius 3 is 2.40 bits per heavy atom. The maximum atomic E-state index is 12.7. The molecule has 0 fully saturated rings. The zero-order valence-electron chi connectivity index (χ0n) is 16.4. The van der Waals surface area contributed by atoms with E-state index < -0.39 is 0 Å². The van der Waals surface area contributed by atoms with Gasteiger partial charge in [-0.15, -0.1) is 11.3 Å². The fourth-order valence-corrected chi connectivity index (χ4v) is 3.47. The Bertz CT molecular complexity index is 1120. The Morgan fingerprint density at radius 2 is 1.67 bits per heavy atom. The van der Waals surface area contributed by atoms with Crippen molar-refractivity contribution in [2.24, 2.45) is 0 Å². The van der Waals surface area contributed by atoms with Gasteiger partial charge >= 0.3 is 0 Å². The lowest BCUT2D eigenvalue weighted by Crippen LogP contribution is -2.12. The number of hydrogen-bond acceptors (Lipinski definition) is 5. The summed E-state index contributed by atoms with van der Waals surface area (Å²) in [6.45, 7) is 2.37. The number of rotatable bonds is 7. The van der Waals surface area contributed by atoms with Crippen molar-refractivity contribution < 1.29 is 14.3 Å². The first-order chi connectivity index (χ1) is 14.7. The number of para-hydroxylation sites is 3. The maximum absolute atomic E-state index is 12.7. The molecule has 4 rings (SSSR count). The number of carbonyl (C=O) groups is 1. The van der Waals surface area contributed by atoms with Crippen molar-refractivity contribution in [3.63, 3.8) is 0 Å². The van der Waals surface area contributed by atoms with Crippen LogP contribution in [-0.4, -0.2) is 10.9 Å². The van der Waals surface area contributed by atoms with Gasteiger partial charge in [-0.25, -0.2) is 4.98 Å². The molecule has 0 aliphatic rings. The average molecular weight is 417 g/mol. The monoisotopic (exact) mass is 416 g/mol. The lowest BCUT2D eigenvalue weighted by atomic mass is 10.2. The number of amides is 1. The van der Waals surface area contributed by atoms with Crippen LogP contribution >= 0.6 is 11.3 Å². The predicted molar refractivity (Wildman–Crippen MR) is 119 cm³/mol. The summed E-state index contributed by atoms with van der Waals surface area (Å²) in [6.07, 6.45) is 0. The lowest BCUT2D eigenvalue weighted by Gasteiger charge is -2.12. The molecule has 0 saturated heterocycles. The molecule has 0 atom stereocenters. The highest BCUT2D eigenvalue weighted by atomic mass is 32.1. The van der Waals surface area contributed by atoms with Gasteiger partial charge in [0.25, 0.3) is 5.91 Å². The summed E-state index contributed by atoms with van der Waals surface area (Å²) in [7, 11) is 0. The predicted octanol–water partition coefficient (Wildman–Crippen LogP) is 6.08. The first-order valence-corrected chi connectivity index (χ1v) is 10.3. The van der Waals surface area contributed by atoms with Crippen molar-refractivity contribution in [1.82, 2.24) is 4.98 Å². The van der Waals surface area contributed by atoms with Gasteiger partial charge in [0.05, 0.1) is 5.69 Å². The molecule has 30 heavy (non-hydrogen) atoms. The van der Waals surface area contributed by atoms with E-state index in [4.69, 9.17) is 9.47 Å². The van der Waals surface area contributed by atoms with Crippen LogP contribution in [0.5, 0.6) is 17.2 Å². The minimum atomic E-state index is -0.221. The first kappa shape index (κ1) is 19.7. The molecule has 1 amide bonds. The molecular weight excluding hydrogens is 396 g/mol. The van der Waals surface area contributed by atoms with Crippen molar-refractivity contribution in [3.8, 4) is 17.2 Å². The molecule has 0 bridgehead atoms. The number of thiazole rings is 1. The molecule has 0 aliphatic heterocycles. The van der Waals surface area contributed by atoms with Crippen molar-refractivity contribution >= 4 is 22.9 Å².